The monoisotopic (exact) mass is 439 g/mol. The van der Waals surface area contributed by atoms with E-state index >= 15 is 0 Å². The van der Waals surface area contributed by atoms with Crippen molar-refractivity contribution >= 4 is 32.6 Å². The Morgan fingerprint density at radius 2 is 1.94 bits per heavy atom. The van der Waals surface area contributed by atoms with Crippen LogP contribution in [-0.4, -0.2) is 61.8 Å². The van der Waals surface area contributed by atoms with Gasteiger partial charge in [0.25, 0.3) is 5.91 Å². The lowest BCUT2D eigenvalue weighted by molar-refractivity contribution is 0.0391. The summed E-state index contributed by atoms with van der Waals surface area (Å²) in [5, 5.41) is 0.746. The lowest BCUT2D eigenvalue weighted by Gasteiger charge is -2.29. The fourth-order valence-electron chi connectivity index (χ4n) is 3.84. The molecule has 2 aromatic carbocycles. The van der Waals surface area contributed by atoms with Crippen LogP contribution in [0.2, 0.25) is 0 Å². The Morgan fingerprint density at radius 1 is 1.19 bits per heavy atom. The number of carbonyl (C=O) groups is 1. The lowest BCUT2D eigenvalue weighted by Crippen LogP contribution is -2.43. The summed E-state index contributed by atoms with van der Waals surface area (Å²) in [6.45, 7) is 11.4. The number of hydrogen-bond donors (Lipinski definition) is 0. The Bertz CT molecular complexity index is 1040. The molecular formula is C24H29N3O3S. The molecule has 2 heterocycles. The SMILES string of the molecule is CCOc1ccc(C(=O)N(CCN2CCOCC2)c2nc3c(C)cc(C)cc3s2)cc1. The number of morpholine rings is 1. The number of ether oxygens (including phenoxy) is 2. The van der Waals surface area contributed by atoms with Crippen molar-refractivity contribution < 1.29 is 14.3 Å². The summed E-state index contributed by atoms with van der Waals surface area (Å²) in [6, 6.07) is 11.6. The molecule has 31 heavy (non-hydrogen) atoms. The van der Waals surface area contributed by atoms with Crippen molar-refractivity contribution in [1.29, 1.82) is 0 Å². The average Bonchev–Trinajstić information content (AvgIpc) is 3.19. The van der Waals surface area contributed by atoms with E-state index in [9.17, 15) is 4.79 Å². The number of hydrogen-bond acceptors (Lipinski definition) is 6. The van der Waals surface area contributed by atoms with Crippen LogP contribution in [0.25, 0.3) is 10.2 Å². The minimum absolute atomic E-state index is 0.0373. The second kappa shape index (κ2) is 9.77. The van der Waals surface area contributed by atoms with Crippen molar-refractivity contribution in [2.24, 2.45) is 0 Å². The van der Waals surface area contributed by atoms with Crippen molar-refractivity contribution in [2.45, 2.75) is 20.8 Å². The molecule has 1 amide bonds. The summed E-state index contributed by atoms with van der Waals surface area (Å²) in [5.41, 5.74) is 3.95. The van der Waals surface area contributed by atoms with Gasteiger partial charge in [0.15, 0.2) is 5.13 Å². The molecule has 0 radical (unpaired) electrons. The van der Waals surface area contributed by atoms with Crippen LogP contribution in [0.3, 0.4) is 0 Å². The Kier molecular flexibility index (Phi) is 6.85. The van der Waals surface area contributed by atoms with Crippen LogP contribution in [0.4, 0.5) is 5.13 Å². The molecule has 0 spiro atoms. The van der Waals surface area contributed by atoms with E-state index in [4.69, 9.17) is 14.5 Å². The smallest absolute Gasteiger partial charge is 0.260 e. The van der Waals surface area contributed by atoms with E-state index in [2.05, 4.69) is 30.9 Å². The van der Waals surface area contributed by atoms with E-state index < -0.39 is 0 Å². The Labute approximate surface area is 187 Å². The van der Waals surface area contributed by atoms with Gasteiger partial charge in [-0.25, -0.2) is 4.98 Å². The first-order valence-corrected chi connectivity index (χ1v) is 11.6. The molecule has 4 rings (SSSR count). The van der Waals surface area contributed by atoms with Crippen LogP contribution in [-0.2, 0) is 4.74 Å². The third kappa shape index (κ3) is 5.06. The zero-order valence-corrected chi connectivity index (χ0v) is 19.2. The summed E-state index contributed by atoms with van der Waals surface area (Å²) in [5.74, 6) is 0.731. The summed E-state index contributed by atoms with van der Waals surface area (Å²) >= 11 is 1.58. The number of fused-ring (bicyclic) bond motifs is 1. The molecule has 0 bridgehead atoms. The van der Waals surface area contributed by atoms with Gasteiger partial charge in [0.05, 0.1) is 30.0 Å². The molecule has 1 saturated heterocycles. The second-order valence-electron chi connectivity index (χ2n) is 7.79. The van der Waals surface area contributed by atoms with Crippen molar-refractivity contribution in [3.05, 3.63) is 53.1 Å². The minimum Gasteiger partial charge on any atom is -0.494 e. The van der Waals surface area contributed by atoms with Crippen LogP contribution >= 0.6 is 11.3 Å². The molecule has 0 atom stereocenters. The van der Waals surface area contributed by atoms with E-state index in [0.717, 1.165) is 59.5 Å². The van der Waals surface area contributed by atoms with E-state index in [0.29, 0.717) is 18.7 Å². The van der Waals surface area contributed by atoms with Gasteiger partial charge in [0.1, 0.15) is 5.75 Å². The summed E-state index contributed by atoms with van der Waals surface area (Å²) in [7, 11) is 0. The van der Waals surface area contributed by atoms with Crippen LogP contribution in [0, 0.1) is 13.8 Å². The van der Waals surface area contributed by atoms with Crippen LogP contribution < -0.4 is 9.64 Å². The molecular weight excluding hydrogens is 410 g/mol. The van der Waals surface area contributed by atoms with Crippen molar-refractivity contribution in [2.75, 3.05) is 50.9 Å². The highest BCUT2D eigenvalue weighted by atomic mass is 32.1. The number of benzene rings is 2. The summed E-state index contributed by atoms with van der Waals surface area (Å²) in [6.07, 6.45) is 0. The number of amides is 1. The van der Waals surface area contributed by atoms with Crippen LogP contribution in [0.1, 0.15) is 28.4 Å². The number of aryl methyl sites for hydroxylation is 2. The van der Waals surface area contributed by atoms with E-state index in [1.807, 2.05) is 36.1 Å². The maximum Gasteiger partial charge on any atom is 0.260 e. The molecule has 7 heteroatoms. The van der Waals surface area contributed by atoms with E-state index in [1.54, 1.807) is 11.3 Å². The molecule has 1 aromatic heterocycles. The predicted octanol–water partition coefficient (Wildman–Crippen LogP) is 4.29. The molecule has 3 aromatic rings. The highest BCUT2D eigenvalue weighted by Gasteiger charge is 2.23. The van der Waals surface area contributed by atoms with Crippen molar-refractivity contribution in [3.8, 4) is 5.75 Å². The third-order valence-electron chi connectivity index (χ3n) is 5.45. The van der Waals surface area contributed by atoms with Gasteiger partial charge in [-0.2, -0.15) is 0 Å². The van der Waals surface area contributed by atoms with Gasteiger partial charge in [-0.05, 0) is 62.2 Å². The highest BCUT2D eigenvalue weighted by Crippen LogP contribution is 2.32. The number of rotatable bonds is 7. The number of aromatic nitrogens is 1. The summed E-state index contributed by atoms with van der Waals surface area (Å²) < 4.78 is 12.1. The molecule has 0 N–H and O–H groups in total. The maximum atomic E-state index is 13.5. The van der Waals surface area contributed by atoms with Gasteiger partial charge in [-0.1, -0.05) is 17.4 Å². The molecule has 1 aliphatic heterocycles. The molecule has 164 valence electrons. The van der Waals surface area contributed by atoms with Gasteiger partial charge >= 0.3 is 0 Å². The highest BCUT2D eigenvalue weighted by molar-refractivity contribution is 7.22. The standard InChI is InChI=1S/C24H29N3O3S/c1-4-30-20-7-5-19(6-8-20)23(28)27(10-9-26-11-13-29-14-12-26)24-25-22-18(3)15-17(2)16-21(22)31-24/h5-8,15-16H,4,9-14H2,1-3H3. The van der Waals surface area contributed by atoms with Crippen LogP contribution in [0.5, 0.6) is 5.75 Å². The molecule has 1 fully saturated rings. The van der Waals surface area contributed by atoms with Crippen LogP contribution in [0.15, 0.2) is 36.4 Å². The summed E-state index contributed by atoms with van der Waals surface area (Å²) in [4.78, 5) is 22.6. The largest absolute Gasteiger partial charge is 0.494 e. The second-order valence-corrected chi connectivity index (χ2v) is 8.80. The van der Waals surface area contributed by atoms with Gasteiger partial charge in [-0.15, -0.1) is 0 Å². The topological polar surface area (TPSA) is 54.9 Å². The quantitative estimate of drug-likeness (QED) is 0.550. The van der Waals surface area contributed by atoms with Gasteiger partial charge in [0.2, 0.25) is 0 Å². The first kappa shape index (κ1) is 21.7. The molecule has 0 aliphatic carbocycles. The van der Waals surface area contributed by atoms with E-state index in [1.165, 1.54) is 5.56 Å². The lowest BCUT2D eigenvalue weighted by atomic mass is 10.1. The van der Waals surface area contributed by atoms with Gasteiger partial charge in [-0.3, -0.25) is 14.6 Å². The fraction of sp³-hybridized carbons (Fsp3) is 0.417. The molecule has 0 saturated carbocycles. The normalized spacial score (nSPS) is 14.7. The van der Waals surface area contributed by atoms with E-state index in [-0.39, 0.29) is 5.91 Å². The number of anilines is 1. The zero-order chi connectivity index (χ0) is 21.8. The average molecular weight is 440 g/mol. The first-order chi connectivity index (χ1) is 15.0. The third-order valence-corrected chi connectivity index (χ3v) is 6.48. The molecule has 1 aliphatic rings. The zero-order valence-electron chi connectivity index (χ0n) is 18.4. The first-order valence-electron chi connectivity index (χ1n) is 10.8. The van der Waals surface area contributed by atoms with Crippen molar-refractivity contribution in [1.82, 2.24) is 9.88 Å². The minimum atomic E-state index is -0.0373. The Hall–Kier alpha value is -2.48. The Morgan fingerprint density at radius 3 is 2.65 bits per heavy atom. The molecule has 0 unspecified atom stereocenters. The number of carbonyl (C=O) groups excluding carboxylic acids is 1. The number of nitrogens with zero attached hydrogens (tertiary/aromatic N) is 3. The number of thiazole rings is 1. The fourth-order valence-corrected chi connectivity index (χ4v) is 5.01. The Balaban J connectivity index is 1.63. The van der Waals surface area contributed by atoms with Gasteiger partial charge < -0.3 is 9.47 Å². The molecule has 6 nitrogen and oxygen atoms in total. The van der Waals surface area contributed by atoms with Crippen molar-refractivity contribution in [3.63, 3.8) is 0 Å². The predicted molar refractivity (Wildman–Crippen MR) is 126 cm³/mol. The maximum absolute atomic E-state index is 13.5. The van der Waals surface area contributed by atoms with Gasteiger partial charge in [0, 0.05) is 31.7 Å².